The second-order valence-corrected chi connectivity index (χ2v) is 6.83. The third-order valence-electron chi connectivity index (χ3n) is 4.65. The molecule has 3 nitrogen and oxygen atoms in total. The number of amides is 1. The average molecular weight is 346 g/mol. The molecule has 0 unspecified atom stereocenters. The van der Waals surface area contributed by atoms with Gasteiger partial charge in [-0.15, -0.1) is 0 Å². The van der Waals surface area contributed by atoms with Gasteiger partial charge in [0.05, 0.1) is 0 Å². The Kier molecular flexibility index (Phi) is 5.90. The van der Waals surface area contributed by atoms with Gasteiger partial charge in [-0.3, -0.25) is 4.79 Å². The van der Waals surface area contributed by atoms with Gasteiger partial charge < -0.3 is 10.6 Å². The molecule has 0 spiro atoms. The molecule has 3 rings (SSSR count). The maximum atomic E-state index is 12.5. The van der Waals surface area contributed by atoms with Crippen molar-refractivity contribution >= 4 is 22.4 Å². The van der Waals surface area contributed by atoms with Crippen molar-refractivity contribution in [1.29, 1.82) is 0 Å². The number of carbonyl (C=O) groups excluding carboxylic acids is 1. The van der Waals surface area contributed by atoms with E-state index in [0.29, 0.717) is 0 Å². The molecule has 1 amide bonds. The molecule has 2 N–H and O–H groups in total. The number of fused-ring (bicyclic) bond motifs is 1. The van der Waals surface area contributed by atoms with Crippen molar-refractivity contribution in [3.8, 4) is 0 Å². The average Bonchev–Trinajstić information content (AvgIpc) is 2.67. The summed E-state index contributed by atoms with van der Waals surface area (Å²) in [6.07, 6.45) is 1.89. The lowest BCUT2D eigenvalue weighted by Gasteiger charge is -2.20. The van der Waals surface area contributed by atoms with Crippen LogP contribution in [0.15, 0.2) is 72.8 Å². The van der Waals surface area contributed by atoms with Crippen LogP contribution in [-0.2, 0) is 11.2 Å². The van der Waals surface area contributed by atoms with E-state index in [1.54, 1.807) is 0 Å². The fourth-order valence-corrected chi connectivity index (χ4v) is 3.12. The first-order valence-electron chi connectivity index (χ1n) is 9.22. The molecule has 0 saturated carbocycles. The van der Waals surface area contributed by atoms with E-state index in [0.717, 1.165) is 23.9 Å². The van der Waals surface area contributed by atoms with Crippen molar-refractivity contribution in [2.45, 2.75) is 38.8 Å². The lowest BCUT2D eigenvalue weighted by atomic mass is 10.1. The largest absolute Gasteiger partial charge is 0.373 e. The second-order valence-electron chi connectivity index (χ2n) is 6.83. The zero-order valence-corrected chi connectivity index (χ0v) is 15.4. The summed E-state index contributed by atoms with van der Waals surface area (Å²) in [5.41, 5.74) is 2.29. The Labute approximate surface area is 155 Å². The maximum Gasteiger partial charge on any atom is 0.242 e. The minimum Gasteiger partial charge on any atom is -0.373 e. The van der Waals surface area contributed by atoms with E-state index >= 15 is 0 Å². The van der Waals surface area contributed by atoms with Gasteiger partial charge in [-0.2, -0.15) is 0 Å². The highest BCUT2D eigenvalue weighted by molar-refractivity contribution is 5.95. The normalized spacial score (nSPS) is 13.2. The molecular formula is C23H26N2O. The molecule has 134 valence electrons. The summed E-state index contributed by atoms with van der Waals surface area (Å²) >= 11 is 0. The van der Waals surface area contributed by atoms with Gasteiger partial charge in [0.15, 0.2) is 0 Å². The Morgan fingerprint density at radius 1 is 0.885 bits per heavy atom. The number of rotatable bonds is 7. The molecule has 0 aromatic heterocycles. The molecule has 0 aliphatic rings. The third-order valence-corrected chi connectivity index (χ3v) is 4.65. The minimum atomic E-state index is -0.292. The Hall–Kier alpha value is -2.81. The topological polar surface area (TPSA) is 41.1 Å². The molecule has 2 atom stereocenters. The van der Waals surface area contributed by atoms with Crippen LogP contribution < -0.4 is 10.6 Å². The molecule has 0 saturated heterocycles. The first-order chi connectivity index (χ1) is 12.6. The molecule has 0 radical (unpaired) electrons. The van der Waals surface area contributed by atoms with Gasteiger partial charge in [-0.25, -0.2) is 0 Å². The van der Waals surface area contributed by atoms with Crippen molar-refractivity contribution in [3.05, 3.63) is 78.4 Å². The van der Waals surface area contributed by atoms with Crippen LogP contribution >= 0.6 is 0 Å². The standard InChI is InChI=1S/C23H26N2O/c1-17(15-16-19-9-4-3-5-10-19)24-23(26)18(2)25-22-14-8-12-20-11-6-7-13-21(20)22/h3-14,17-18,25H,15-16H2,1-2H3,(H,24,26)/t17-,18+/m0/s1. The van der Waals surface area contributed by atoms with E-state index < -0.39 is 0 Å². The first-order valence-corrected chi connectivity index (χ1v) is 9.22. The molecular weight excluding hydrogens is 320 g/mol. The van der Waals surface area contributed by atoms with Crippen LogP contribution in [0, 0.1) is 0 Å². The summed E-state index contributed by atoms with van der Waals surface area (Å²) < 4.78 is 0. The smallest absolute Gasteiger partial charge is 0.242 e. The van der Waals surface area contributed by atoms with E-state index in [1.807, 2.05) is 37.3 Å². The summed E-state index contributed by atoms with van der Waals surface area (Å²) in [5.74, 6) is 0.0264. The number of benzene rings is 3. The van der Waals surface area contributed by atoms with E-state index in [4.69, 9.17) is 0 Å². The van der Waals surface area contributed by atoms with Gasteiger partial charge in [-0.05, 0) is 43.7 Å². The molecule has 0 heterocycles. The van der Waals surface area contributed by atoms with Crippen molar-refractivity contribution in [2.75, 3.05) is 5.32 Å². The Balaban J connectivity index is 1.55. The number of carbonyl (C=O) groups is 1. The molecule has 3 aromatic carbocycles. The van der Waals surface area contributed by atoms with Gasteiger partial charge in [0.1, 0.15) is 6.04 Å². The Morgan fingerprint density at radius 3 is 2.38 bits per heavy atom. The lowest BCUT2D eigenvalue weighted by molar-refractivity contribution is -0.122. The number of aryl methyl sites for hydroxylation is 1. The number of anilines is 1. The molecule has 0 fully saturated rings. The molecule has 0 aliphatic carbocycles. The zero-order chi connectivity index (χ0) is 18.4. The van der Waals surface area contributed by atoms with Crippen molar-refractivity contribution in [3.63, 3.8) is 0 Å². The highest BCUT2D eigenvalue weighted by Crippen LogP contribution is 2.23. The summed E-state index contributed by atoms with van der Waals surface area (Å²) in [4.78, 5) is 12.5. The van der Waals surface area contributed by atoms with Crippen LogP contribution in [0.1, 0.15) is 25.8 Å². The van der Waals surface area contributed by atoms with Crippen LogP contribution in [0.2, 0.25) is 0 Å². The fraction of sp³-hybridized carbons (Fsp3) is 0.261. The summed E-state index contributed by atoms with van der Waals surface area (Å²) in [6.45, 7) is 3.96. The van der Waals surface area contributed by atoms with Crippen LogP contribution in [0.25, 0.3) is 10.8 Å². The number of hydrogen-bond donors (Lipinski definition) is 2. The summed E-state index contributed by atoms with van der Waals surface area (Å²) in [6, 6.07) is 24.5. The molecule has 3 heteroatoms. The van der Waals surface area contributed by atoms with Gasteiger partial charge in [0.25, 0.3) is 0 Å². The Bertz CT molecular complexity index is 855. The zero-order valence-electron chi connectivity index (χ0n) is 15.4. The molecule has 0 aliphatic heterocycles. The van der Waals surface area contributed by atoms with Crippen LogP contribution in [0.4, 0.5) is 5.69 Å². The summed E-state index contributed by atoms with van der Waals surface area (Å²) in [5, 5.41) is 8.77. The number of nitrogens with one attached hydrogen (secondary N) is 2. The van der Waals surface area contributed by atoms with Crippen molar-refractivity contribution in [2.24, 2.45) is 0 Å². The summed E-state index contributed by atoms with van der Waals surface area (Å²) in [7, 11) is 0. The second kappa shape index (κ2) is 8.52. The van der Waals surface area contributed by atoms with E-state index in [1.165, 1.54) is 10.9 Å². The van der Waals surface area contributed by atoms with E-state index in [2.05, 4.69) is 60.0 Å². The first kappa shape index (κ1) is 18.0. The highest BCUT2D eigenvalue weighted by Gasteiger charge is 2.16. The number of hydrogen-bond acceptors (Lipinski definition) is 2. The van der Waals surface area contributed by atoms with E-state index in [-0.39, 0.29) is 18.0 Å². The van der Waals surface area contributed by atoms with Crippen molar-refractivity contribution in [1.82, 2.24) is 5.32 Å². The minimum absolute atomic E-state index is 0.0264. The van der Waals surface area contributed by atoms with Crippen molar-refractivity contribution < 1.29 is 4.79 Å². The molecule has 3 aromatic rings. The van der Waals surface area contributed by atoms with Crippen LogP contribution in [-0.4, -0.2) is 18.0 Å². The molecule has 0 bridgehead atoms. The lowest BCUT2D eigenvalue weighted by Crippen LogP contribution is -2.42. The van der Waals surface area contributed by atoms with Gasteiger partial charge in [-0.1, -0.05) is 66.7 Å². The van der Waals surface area contributed by atoms with E-state index in [9.17, 15) is 4.79 Å². The highest BCUT2D eigenvalue weighted by atomic mass is 16.2. The van der Waals surface area contributed by atoms with Gasteiger partial charge >= 0.3 is 0 Å². The predicted octanol–water partition coefficient (Wildman–Crippen LogP) is 4.78. The predicted molar refractivity (Wildman–Crippen MR) is 109 cm³/mol. The fourth-order valence-electron chi connectivity index (χ4n) is 3.12. The maximum absolute atomic E-state index is 12.5. The van der Waals surface area contributed by atoms with Gasteiger partial charge in [0.2, 0.25) is 5.91 Å². The Morgan fingerprint density at radius 2 is 1.58 bits per heavy atom. The third kappa shape index (κ3) is 4.63. The quantitative estimate of drug-likeness (QED) is 0.646. The molecule has 26 heavy (non-hydrogen) atoms. The van der Waals surface area contributed by atoms with Crippen LogP contribution in [0.3, 0.4) is 0 Å². The monoisotopic (exact) mass is 346 g/mol. The van der Waals surface area contributed by atoms with Gasteiger partial charge in [0, 0.05) is 17.1 Å². The van der Waals surface area contributed by atoms with Crippen LogP contribution in [0.5, 0.6) is 0 Å². The SMILES string of the molecule is C[C@@H](CCc1ccccc1)NC(=O)[C@@H](C)Nc1cccc2ccccc12.